The molecule has 1 heterocycles. The van der Waals surface area contributed by atoms with Crippen molar-refractivity contribution in [2.75, 3.05) is 6.61 Å². The van der Waals surface area contributed by atoms with Crippen LogP contribution in [0.25, 0.3) is 0 Å². The molecule has 3 saturated carbocycles. The van der Waals surface area contributed by atoms with Crippen LogP contribution in [0.15, 0.2) is 102 Å². The summed E-state index contributed by atoms with van der Waals surface area (Å²) in [5.41, 5.74) is -6.96. The van der Waals surface area contributed by atoms with E-state index in [2.05, 4.69) is 5.32 Å². The number of hydrogen-bond acceptors (Lipinski definition) is 14. The average molecular weight is 908 g/mol. The molecule has 3 aromatic rings. The second-order valence-corrected chi connectivity index (χ2v) is 19.2. The number of ether oxygens (including phenoxy) is 5. The Kier molecular flexibility index (Phi) is 12.6. The molecule has 0 radical (unpaired) electrons. The lowest BCUT2D eigenvalue weighted by molar-refractivity contribution is -0.347. The zero-order valence-corrected chi connectivity index (χ0v) is 37.6. The minimum Gasteiger partial charge on any atom is -0.456 e. The quantitative estimate of drug-likeness (QED) is 0.114. The number of esters is 4. The van der Waals surface area contributed by atoms with E-state index in [1.807, 2.05) is 0 Å². The zero-order chi connectivity index (χ0) is 47.3. The van der Waals surface area contributed by atoms with Gasteiger partial charge in [-0.3, -0.25) is 19.2 Å². The van der Waals surface area contributed by atoms with Gasteiger partial charge >= 0.3 is 23.9 Å². The highest BCUT2D eigenvalue weighted by Crippen LogP contribution is 2.64. The monoisotopic (exact) mass is 907 g/mol. The topological polar surface area (TPSA) is 221 Å². The van der Waals surface area contributed by atoms with Crippen LogP contribution in [-0.4, -0.2) is 105 Å². The number of Topliss-reactive ketones (excluding diaryl/α,β-unsaturated/α-hetero) is 1. The second-order valence-electron chi connectivity index (χ2n) is 19.2. The largest absolute Gasteiger partial charge is 0.456 e. The smallest absolute Gasteiger partial charge is 0.338 e. The summed E-state index contributed by atoms with van der Waals surface area (Å²) in [5.74, 6) is -7.01. The summed E-state index contributed by atoms with van der Waals surface area (Å²) in [7, 11) is 0. The number of aliphatic hydroxyl groups is 3. The van der Waals surface area contributed by atoms with Crippen molar-refractivity contribution in [3.8, 4) is 0 Å². The molecule has 2 bridgehead atoms. The molecular formula is C51H57NO14. The Morgan fingerprint density at radius 3 is 2.00 bits per heavy atom. The maximum Gasteiger partial charge on any atom is 0.338 e. The van der Waals surface area contributed by atoms with Crippen LogP contribution in [0.3, 0.4) is 0 Å². The molecule has 0 aromatic heterocycles. The van der Waals surface area contributed by atoms with Gasteiger partial charge in [0.2, 0.25) is 0 Å². The second kappa shape index (κ2) is 17.8. The fourth-order valence-corrected chi connectivity index (χ4v) is 11.3. The predicted octanol–water partition coefficient (Wildman–Crippen LogP) is 4.91. The number of ketones is 1. The summed E-state index contributed by atoms with van der Waals surface area (Å²) in [6.45, 7) is 6.98. The van der Waals surface area contributed by atoms with Gasteiger partial charge in [0.15, 0.2) is 23.6 Å². The highest BCUT2D eigenvalue weighted by atomic mass is 16.6. The lowest BCUT2D eigenvalue weighted by Gasteiger charge is -2.67. The highest BCUT2D eigenvalue weighted by molar-refractivity contribution is 5.96. The molecule has 11 atom stereocenters. The zero-order valence-electron chi connectivity index (χ0n) is 37.6. The average Bonchev–Trinajstić information content (AvgIpc) is 3.85. The van der Waals surface area contributed by atoms with Gasteiger partial charge in [-0.1, -0.05) is 93.4 Å². The Bertz CT molecular complexity index is 2400. The molecule has 1 aliphatic heterocycles. The first-order valence-electron chi connectivity index (χ1n) is 22.6. The van der Waals surface area contributed by atoms with Crippen LogP contribution in [0.2, 0.25) is 0 Å². The first-order chi connectivity index (χ1) is 31.3. The fraction of sp³-hybridized carbons (Fsp3) is 0.490. The Morgan fingerprint density at radius 2 is 1.42 bits per heavy atom. The van der Waals surface area contributed by atoms with E-state index in [0.29, 0.717) is 18.4 Å². The molecule has 1 unspecified atom stereocenters. The number of carbonyl (C=O) groups excluding carboxylic acids is 6. The number of benzene rings is 3. The van der Waals surface area contributed by atoms with E-state index >= 15 is 4.79 Å². The van der Waals surface area contributed by atoms with E-state index in [0.717, 1.165) is 19.8 Å². The van der Waals surface area contributed by atoms with Crippen LogP contribution in [-0.2, 0) is 42.9 Å². The molecule has 0 spiro atoms. The molecule has 350 valence electrons. The van der Waals surface area contributed by atoms with Gasteiger partial charge in [0.25, 0.3) is 5.91 Å². The van der Waals surface area contributed by atoms with Crippen LogP contribution in [0.5, 0.6) is 0 Å². The number of carbonyl (C=O) groups is 6. The molecule has 1 amide bonds. The third kappa shape index (κ3) is 7.82. The number of fused-ring (bicyclic) bond motifs is 5. The minimum atomic E-state index is -2.39. The van der Waals surface area contributed by atoms with Crippen molar-refractivity contribution in [2.45, 2.75) is 127 Å². The van der Waals surface area contributed by atoms with Crippen LogP contribution in [0.1, 0.15) is 105 Å². The van der Waals surface area contributed by atoms with Crippen molar-refractivity contribution in [2.24, 2.45) is 22.7 Å². The summed E-state index contributed by atoms with van der Waals surface area (Å²) >= 11 is 0. The van der Waals surface area contributed by atoms with E-state index in [1.165, 1.54) is 19.1 Å². The number of hydrogen-bond donors (Lipinski definition) is 4. The third-order valence-corrected chi connectivity index (χ3v) is 15.1. The van der Waals surface area contributed by atoms with E-state index in [-0.39, 0.29) is 35.3 Å². The molecule has 8 rings (SSSR count). The van der Waals surface area contributed by atoms with Crippen molar-refractivity contribution >= 4 is 35.6 Å². The van der Waals surface area contributed by atoms with Gasteiger partial charge in [0, 0.05) is 30.7 Å². The summed E-state index contributed by atoms with van der Waals surface area (Å²) in [5, 5.41) is 40.8. The molecule has 4 N–H and O–H groups in total. The molecular weight excluding hydrogens is 851 g/mol. The van der Waals surface area contributed by atoms with Crippen molar-refractivity contribution in [1.29, 1.82) is 0 Å². The fourth-order valence-electron chi connectivity index (χ4n) is 11.3. The SMILES string of the molecule is CC(=O)O[C@H]1C(=O)[C@@]2(C)C([C@H](OC(=O)c3ccccc3)[C@]3(O)C[C@H](OC(=O)[C@H](O)[C@@H](NC(=O)c4ccccc4)c4ccccc4)C(C)=C1C3(C)C)[C@]1(OC(=O)C3CCCC3)CO[C@@H]1C[C@@H]2O. The van der Waals surface area contributed by atoms with Gasteiger partial charge < -0.3 is 44.3 Å². The maximum atomic E-state index is 15.7. The van der Waals surface area contributed by atoms with E-state index in [1.54, 1.807) is 99.6 Å². The number of nitrogens with one attached hydrogen (secondary N) is 1. The van der Waals surface area contributed by atoms with Crippen molar-refractivity contribution in [3.63, 3.8) is 0 Å². The Morgan fingerprint density at radius 1 is 0.833 bits per heavy atom. The van der Waals surface area contributed by atoms with Crippen LogP contribution in [0.4, 0.5) is 0 Å². The van der Waals surface area contributed by atoms with E-state index < -0.39 is 119 Å². The molecule has 15 heteroatoms. The van der Waals surface area contributed by atoms with Gasteiger partial charge in [-0.25, -0.2) is 9.59 Å². The van der Waals surface area contributed by atoms with Crippen LogP contribution in [0, 0.1) is 22.7 Å². The first kappa shape index (κ1) is 46.8. The predicted molar refractivity (Wildman–Crippen MR) is 234 cm³/mol. The van der Waals surface area contributed by atoms with Crippen LogP contribution < -0.4 is 5.32 Å². The van der Waals surface area contributed by atoms with Crippen molar-refractivity contribution < 1.29 is 67.8 Å². The Balaban J connectivity index is 1.28. The van der Waals surface area contributed by atoms with Crippen molar-refractivity contribution in [1.82, 2.24) is 5.32 Å². The standard InChI is InChI=1S/C51H57NO14/c1-28-34(64-47(60)39(55)38(30-17-9-6-10-18-30)52-44(57)31-19-11-7-12-20-31)26-51(61)43(65-45(58)32-21-13-8-14-22-32)41-49(5,42(56)40(63-29(2)53)37(28)48(51,3)4)35(54)25-36-50(41,27-62-36)66-46(59)33-23-15-16-24-33/h6-14,17-22,33-36,38-41,43,54-55,61H,15-16,23-27H2,1-5H3,(H,52,57)/t34-,35-,36+,38-,39+,40+,41?,43-,49+,50-,51+/m0/s1. The lowest BCUT2D eigenvalue weighted by atomic mass is 9.44. The van der Waals surface area contributed by atoms with E-state index in [4.69, 9.17) is 23.7 Å². The molecule has 4 aliphatic carbocycles. The number of aliphatic hydroxyl groups excluding tert-OH is 2. The Labute approximate surface area is 382 Å². The minimum absolute atomic E-state index is 0.0114. The normalized spacial score (nSPS) is 32.2. The molecule has 15 nitrogen and oxygen atoms in total. The van der Waals surface area contributed by atoms with Gasteiger partial charge in [-0.2, -0.15) is 0 Å². The summed E-state index contributed by atoms with van der Waals surface area (Å²) < 4.78 is 31.2. The van der Waals surface area contributed by atoms with Gasteiger partial charge in [0.1, 0.15) is 23.9 Å². The summed E-state index contributed by atoms with van der Waals surface area (Å²) in [4.78, 5) is 85.5. The maximum absolute atomic E-state index is 15.7. The van der Waals surface area contributed by atoms with Gasteiger partial charge in [-0.05, 0) is 67.7 Å². The first-order valence-corrected chi connectivity index (χ1v) is 22.6. The number of rotatable bonds is 11. The molecule has 5 aliphatic rings. The third-order valence-electron chi connectivity index (χ3n) is 15.1. The molecule has 3 aromatic carbocycles. The van der Waals surface area contributed by atoms with Gasteiger partial charge in [-0.15, -0.1) is 0 Å². The molecule has 1 saturated heterocycles. The molecule has 66 heavy (non-hydrogen) atoms. The van der Waals surface area contributed by atoms with Gasteiger partial charge in [0.05, 0.1) is 41.6 Å². The summed E-state index contributed by atoms with van der Waals surface area (Å²) in [6.07, 6.45) is -7.72. The highest BCUT2D eigenvalue weighted by Gasteiger charge is 2.78. The van der Waals surface area contributed by atoms with Crippen LogP contribution >= 0.6 is 0 Å². The van der Waals surface area contributed by atoms with Crippen molar-refractivity contribution in [3.05, 3.63) is 119 Å². The van der Waals surface area contributed by atoms with E-state index in [9.17, 15) is 39.3 Å². The lowest BCUT2D eigenvalue weighted by Crippen LogP contribution is -2.82. The Hall–Kier alpha value is -5.74. The molecule has 4 fully saturated rings. The number of amides is 1. The summed E-state index contributed by atoms with van der Waals surface area (Å²) in [6, 6.07) is 23.1.